The van der Waals surface area contributed by atoms with E-state index >= 15 is 0 Å². The maximum Gasteiger partial charge on any atom is 0.234 e. The van der Waals surface area contributed by atoms with Gasteiger partial charge in [-0.15, -0.1) is 12.4 Å². The van der Waals surface area contributed by atoms with Gasteiger partial charge < -0.3 is 11.1 Å². The van der Waals surface area contributed by atoms with E-state index in [1.165, 1.54) is 18.6 Å². The number of nitrogens with zero attached hydrogens (tertiary/aromatic N) is 1. The number of nitrogens with one attached hydrogen (secondary N) is 1. The zero-order chi connectivity index (χ0) is 14.4. The number of carbonyl (C=O) groups is 1. The van der Waals surface area contributed by atoms with Gasteiger partial charge in [-0.1, -0.05) is 18.6 Å². The molecule has 21 heavy (non-hydrogen) atoms. The number of rotatable bonds is 5. The van der Waals surface area contributed by atoms with E-state index in [0.717, 1.165) is 24.9 Å². The van der Waals surface area contributed by atoms with E-state index in [0.29, 0.717) is 25.7 Å². The molecule has 1 atom stereocenters. The van der Waals surface area contributed by atoms with Crippen LogP contribution >= 0.6 is 12.4 Å². The molecule has 0 aromatic heterocycles. The molecule has 4 nitrogen and oxygen atoms in total. The predicted octanol–water partition coefficient (Wildman–Crippen LogP) is 1.68. The Kier molecular flexibility index (Phi) is 7.64. The smallest absolute Gasteiger partial charge is 0.234 e. The van der Waals surface area contributed by atoms with Crippen LogP contribution in [0, 0.1) is 5.82 Å². The highest BCUT2D eigenvalue weighted by Crippen LogP contribution is 2.15. The number of piperidine rings is 1. The first-order valence-corrected chi connectivity index (χ1v) is 7.14. The molecular weight excluding hydrogens is 293 g/mol. The Labute approximate surface area is 131 Å². The van der Waals surface area contributed by atoms with Gasteiger partial charge in [0, 0.05) is 19.1 Å². The summed E-state index contributed by atoms with van der Waals surface area (Å²) in [6, 6.07) is 6.48. The summed E-state index contributed by atoms with van der Waals surface area (Å²) < 4.78 is 12.8. The van der Waals surface area contributed by atoms with Gasteiger partial charge in [-0.25, -0.2) is 4.39 Å². The molecule has 0 radical (unpaired) electrons. The second kappa shape index (κ2) is 8.97. The molecule has 1 saturated heterocycles. The third kappa shape index (κ3) is 5.61. The number of halogens is 2. The summed E-state index contributed by atoms with van der Waals surface area (Å²) in [6.07, 6.45) is 3.39. The van der Waals surface area contributed by atoms with E-state index in [2.05, 4.69) is 10.2 Å². The maximum absolute atomic E-state index is 12.8. The molecule has 118 valence electrons. The maximum atomic E-state index is 12.8. The van der Waals surface area contributed by atoms with Crippen LogP contribution in [-0.4, -0.2) is 36.5 Å². The summed E-state index contributed by atoms with van der Waals surface area (Å²) in [5, 5.41) is 2.87. The van der Waals surface area contributed by atoms with E-state index in [1.807, 2.05) is 0 Å². The SMILES string of the molecule is Cl.NCC1CCCCN1CC(=O)NCc1ccc(F)cc1. The minimum Gasteiger partial charge on any atom is -0.351 e. The summed E-state index contributed by atoms with van der Waals surface area (Å²) in [7, 11) is 0. The van der Waals surface area contributed by atoms with Crippen molar-refractivity contribution in [1.29, 1.82) is 0 Å². The molecule has 0 spiro atoms. The summed E-state index contributed by atoms with van der Waals surface area (Å²) in [6.45, 7) is 2.36. The minimum absolute atomic E-state index is 0. The molecule has 6 heteroatoms. The van der Waals surface area contributed by atoms with Crippen LogP contribution in [0.1, 0.15) is 24.8 Å². The number of carbonyl (C=O) groups excluding carboxylic acids is 1. The van der Waals surface area contributed by atoms with Crippen molar-refractivity contribution in [2.24, 2.45) is 5.73 Å². The van der Waals surface area contributed by atoms with Gasteiger partial charge in [0.05, 0.1) is 6.54 Å². The fourth-order valence-electron chi connectivity index (χ4n) is 2.58. The molecule has 1 amide bonds. The van der Waals surface area contributed by atoms with Gasteiger partial charge in [0.15, 0.2) is 0 Å². The van der Waals surface area contributed by atoms with Crippen LogP contribution in [0.5, 0.6) is 0 Å². The van der Waals surface area contributed by atoms with Crippen molar-refractivity contribution in [2.75, 3.05) is 19.6 Å². The Morgan fingerprint density at radius 1 is 1.33 bits per heavy atom. The molecule has 1 unspecified atom stereocenters. The van der Waals surface area contributed by atoms with Crippen molar-refractivity contribution in [3.63, 3.8) is 0 Å². The minimum atomic E-state index is -0.265. The van der Waals surface area contributed by atoms with Gasteiger partial charge in [-0.05, 0) is 37.1 Å². The van der Waals surface area contributed by atoms with Crippen LogP contribution in [0.2, 0.25) is 0 Å². The van der Waals surface area contributed by atoms with Crippen LogP contribution in [0.25, 0.3) is 0 Å². The van der Waals surface area contributed by atoms with Crippen molar-refractivity contribution in [1.82, 2.24) is 10.2 Å². The van der Waals surface area contributed by atoms with E-state index in [9.17, 15) is 9.18 Å². The van der Waals surface area contributed by atoms with Gasteiger partial charge in [-0.2, -0.15) is 0 Å². The Morgan fingerprint density at radius 2 is 2.05 bits per heavy atom. The van der Waals surface area contributed by atoms with E-state index < -0.39 is 0 Å². The van der Waals surface area contributed by atoms with Crippen molar-refractivity contribution >= 4 is 18.3 Å². The largest absolute Gasteiger partial charge is 0.351 e. The second-order valence-electron chi connectivity index (χ2n) is 5.26. The number of hydrogen-bond acceptors (Lipinski definition) is 3. The van der Waals surface area contributed by atoms with Crippen molar-refractivity contribution in [3.05, 3.63) is 35.6 Å². The molecule has 1 aliphatic heterocycles. The van der Waals surface area contributed by atoms with Crippen LogP contribution in [0.4, 0.5) is 4.39 Å². The van der Waals surface area contributed by atoms with Gasteiger partial charge in [0.25, 0.3) is 0 Å². The molecule has 0 saturated carbocycles. The highest BCUT2D eigenvalue weighted by atomic mass is 35.5. The number of nitrogens with two attached hydrogens (primary N) is 1. The first-order chi connectivity index (χ1) is 9.69. The van der Waals surface area contributed by atoms with Gasteiger partial charge in [-0.3, -0.25) is 9.69 Å². The summed E-state index contributed by atoms with van der Waals surface area (Å²) >= 11 is 0. The Morgan fingerprint density at radius 3 is 2.71 bits per heavy atom. The monoisotopic (exact) mass is 315 g/mol. The van der Waals surface area contributed by atoms with E-state index in [-0.39, 0.29) is 24.1 Å². The zero-order valence-electron chi connectivity index (χ0n) is 12.1. The second-order valence-corrected chi connectivity index (χ2v) is 5.26. The number of hydrogen-bond donors (Lipinski definition) is 2. The van der Waals surface area contributed by atoms with Crippen LogP contribution in [0.3, 0.4) is 0 Å². The molecule has 0 bridgehead atoms. The third-order valence-corrected chi connectivity index (χ3v) is 3.77. The van der Waals surface area contributed by atoms with Crippen molar-refractivity contribution in [3.8, 4) is 0 Å². The predicted molar refractivity (Wildman–Crippen MR) is 83.8 cm³/mol. The highest BCUT2D eigenvalue weighted by molar-refractivity contribution is 5.85. The fraction of sp³-hybridized carbons (Fsp3) is 0.533. The molecule has 1 heterocycles. The van der Waals surface area contributed by atoms with E-state index in [1.54, 1.807) is 12.1 Å². The van der Waals surface area contributed by atoms with Crippen molar-refractivity contribution in [2.45, 2.75) is 31.8 Å². The van der Waals surface area contributed by atoms with Gasteiger partial charge in [0.2, 0.25) is 5.91 Å². The number of likely N-dealkylation sites (tertiary alicyclic amines) is 1. The first kappa shape index (κ1) is 17.9. The molecule has 0 aliphatic carbocycles. The Bertz CT molecular complexity index is 441. The lowest BCUT2D eigenvalue weighted by atomic mass is 10.0. The molecule has 2 rings (SSSR count). The summed E-state index contributed by atoms with van der Waals surface area (Å²) in [5.74, 6) is -0.270. The Balaban J connectivity index is 0.00000220. The molecular formula is C15H23ClFN3O. The molecule has 1 aliphatic rings. The lowest BCUT2D eigenvalue weighted by Gasteiger charge is -2.34. The average Bonchev–Trinajstić information content (AvgIpc) is 2.47. The van der Waals surface area contributed by atoms with Gasteiger partial charge >= 0.3 is 0 Å². The molecule has 3 N–H and O–H groups in total. The number of amides is 1. The quantitative estimate of drug-likeness (QED) is 0.869. The fourth-order valence-corrected chi connectivity index (χ4v) is 2.58. The van der Waals surface area contributed by atoms with E-state index in [4.69, 9.17) is 5.73 Å². The van der Waals surface area contributed by atoms with Crippen LogP contribution in [-0.2, 0) is 11.3 Å². The molecule has 1 aromatic rings. The first-order valence-electron chi connectivity index (χ1n) is 7.14. The van der Waals surface area contributed by atoms with Crippen LogP contribution < -0.4 is 11.1 Å². The van der Waals surface area contributed by atoms with Crippen LogP contribution in [0.15, 0.2) is 24.3 Å². The highest BCUT2D eigenvalue weighted by Gasteiger charge is 2.22. The lowest BCUT2D eigenvalue weighted by Crippen LogP contribution is -2.48. The third-order valence-electron chi connectivity index (χ3n) is 3.77. The zero-order valence-corrected chi connectivity index (χ0v) is 12.9. The van der Waals surface area contributed by atoms with Crippen molar-refractivity contribution < 1.29 is 9.18 Å². The normalized spacial score (nSPS) is 18.9. The molecule has 1 fully saturated rings. The summed E-state index contributed by atoms with van der Waals surface area (Å²) in [4.78, 5) is 14.1. The topological polar surface area (TPSA) is 58.4 Å². The summed E-state index contributed by atoms with van der Waals surface area (Å²) in [5.41, 5.74) is 6.64. The molecule has 1 aromatic carbocycles. The average molecular weight is 316 g/mol. The Hall–Kier alpha value is -1.17. The standard InChI is InChI=1S/C15H22FN3O.ClH/c16-13-6-4-12(5-7-13)10-18-15(20)11-19-8-2-1-3-14(19)9-17;/h4-7,14H,1-3,8-11,17H2,(H,18,20);1H. The van der Waals surface area contributed by atoms with Gasteiger partial charge in [0.1, 0.15) is 5.82 Å². The number of benzene rings is 1. The lowest BCUT2D eigenvalue weighted by molar-refractivity contribution is -0.123.